The van der Waals surface area contributed by atoms with E-state index >= 15 is 0 Å². The highest BCUT2D eigenvalue weighted by atomic mass is 16.2. The Hall–Kier alpha value is -2.17. The number of fused-ring (bicyclic) bond motifs is 1. The Kier molecular flexibility index (Phi) is 3.50. The van der Waals surface area contributed by atoms with Gasteiger partial charge in [0.05, 0.1) is 13.1 Å². The number of rotatable bonds is 3. The molecular weight excluding hydrogens is 252 g/mol. The van der Waals surface area contributed by atoms with Crippen LogP contribution in [0.15, 0.2) is 30.6 Å². The zero-order valence-corrected chi connectivity index (χ0v) is 11.6. The van der Waals surface area contributed by atoms with Crippen molar-refractivity contribution in [1.29, 1.82) is 0 Å². The van der Waals surface area contributed by atoms with Gasteiger partial charge in [0.25, 0.3) is 5.91 Å². The van der Waals surface area contributed by atoms with Gasteiger partial charge in [-0.1, -0.05) is 31.5 Å². The van der Waals surface area contributed by atoms with Crippen molar-refractivity contribution < 1.29 is 4.79 Å². The zero-order chi connectivity index (χ0) is 13.9. The largest absolute Gasteiger partial charge is 0.329 e. The van der Waals surface area contributed by atoms with Crippen molar-refractivity contribution in [3.05, 3.63) is 47.5 Å². The summed E-state index contributed by atoms with van der Waals surface area (Å²) in [6.45, 7) is 4.08. The van der Waals surface area contributed by atoms with Crippen molar-refractivity contribution >= 4 is 5.91 Å². The molecule has 20 heavy (non-hydrogen) atoms. The van der Waals surface area contributed by atoms with Crippen molar-refractivity contribution in [1.82, 2.24) is 19.7 Å². The highest BCUT2D eigenvalue weighted by molar-refractivity contribution is 5.95. The van der Waals surface area contributed by atoms with Crippen LogP contribution in [0.4, 0.5) is 0 Å². The maximum Gasteiger partial charge on any atom is 0.254 e. The van der Waals surface area contributed by atoms with Gasteiger partial charge in [-0.3, -0.25) is 4.79 Å². The quantitative estimate of drug-likeness (QED) is 0.855. The van der Waals surface area contributed by atoms with E-state index in [1.807, 2.05) is 33.8 Å². The standard InChI is InChI=1S/C15H18N4O/c1-2-5-12-6-3-4-7-13(12)15(20)18-8-9-19-14(10-18)16-11-17-19/h3-4,6-7,11H,2,5,8-10H2,1H3. The van der Waals surface area contributed by atoms with Crippen molar-refractivity contribution in [2.75, 3.05) is 6.54 Å². The van der Waals surface area contributed by atoms with Crippen LogP contribution in [0.5, 0.6) is 0 Å². The number of hydrogen-bond acceptors (Lipinski definition) is 3. The normalized spacial score (nSPS) is 14.2. The van der Waals surface area contributed by atoms with Gasteiger partial charge in [-0.25, -0.2) is 9.67 Å². The predicted octanol–water partition coefficient (Wildman–Crippen LogP) is 1.89. The summed E-state index contributed by atoms with van der Waals surface area (Å²) in [5.41, 5.74) is 1.95. The van der Waals surface area contributed by atoms with E-state index in [2.05, 4.69) is 17.0 Å². The first-order chi connectivity index (χ1) is 9.79. The molecule has 5 nitrogen and oxygen atoms in total. The molecule has 1 aromatic carbocycles. The molecule has 1 aliphatic rings. The summed E-state index contributed by atoms with van der Waals surface area (Å²) in [7, 11) is 0. The number of carbonyl (C=O) groups is 1. The molecule has 0 radical (unpaired) electrons. The molecular formula is C15H18N4O. The molecule has 0 saturated carbocycles. The number of hydrogen-bond donors (Lipinski definition) is 0. The van der Waals surface area contributed by atoms with Gasteiger partial charge >= 0.3 is 0 Å². The Morgan fingerprint density at radius 2 is 2.15 bits per heavy atom. The van der Waals surface area contributed by atoms with E-state index in [-0.39, 0.29) is 5.91 Å². The molecule has 0 aliphatic carbocycles. The van der Waals surface area contributed by atoms with E-state index in [1.54, 1.807) is 6.33 Å². The van der Waals surface area contributed by atoms with Crippen LogP contribution >= 0.6 is 0 Å². The van der Waals surface area contributed by atoms with Crippen LogP contribution in [0.3, 0.4) is 0 Å². The lowest BCUT2D eigenvalue weighted by Crippen LogP contribution is -2.39. The third-order valence-electron chi connectivity index (χ3n) is 3.66. The number of nitrogens with zero attached hydrogens (tertiary/aromatic N) is 4. The first-order valence-electron chi connectivity index (χ1n) is 7.03. The maximum absolute atomic E-state index is 12.7. The average Bonchev–Trinajstić information content (AvgIpc) is 2.95. The average molecular weight is 270 g/mol. The smallest absolute Gasteiger partial charge is 0.254 e. The third-order valence-corrected chi connectivity index (χ3v) is 3.66. The van der Waals surface area contributed by atoms with Crippen LogP contribution in [-0.4, -0.2) is 32.1 Å². The molecule has 0 spiro atoms. The summed E-state index contributed by atoms with van der Waals surface area (Å²) in [4.78, 5) is 18.8. The summed E-state index contributed by atoms with van der Waals surface area (Å²) in [6.07, 6.45) is 3.53. The van der Waals surface area contributed by atoms with Crippen molar-refractivity contribution in [2.24, 2.45) is 0 Å². The third kappa shape index (κ3) is 2.31. The lowest BCUT2D eigenvalue weighted by molar-refractivity contribution is 0.0701. The van der Waals surface area contributed by atoms with Crippen LogP contribution in [-0.2, 0) is 19.5 Å². The first kappa shape index (κ1) is 12.8. The minimum atomic E-state index is 0.100. The Balaban J connectivity index is 1.83. The monoisotopic (exact) mass is 270 g/mol. The van der Waals surface area contributed by atoms with Gasteiger partial charge in [0, 0.05) is 12.1 Å². The van der Waals surface area contributed by atoms with Crippen molar-refractivity contribution in [3.8, 4) is 0 Å². The second-order valence-electron chi connectivity index (χ2n) is 5.03. The van der Waals surface area contributed by atoms with Gasteiger partial charge in [0.2, 0.25) is 0 Å². The lowest BCUT2D eigenvalue weighted by atomic mass is 10.0. The highest BCUT2D eigenvalue weighted by Gasteiger charge is 2.24. The fourth-order valence-corrected chi connectivity index (χ4v) is 2.62. The Bertz CT molecular complexity index is 620. The summed E-state index contributed by atoms with van der Waals surface area (Å²) in [6, 6.07) is 7.89. The van der Waals surface area contributed by atoms with Gasteiger partial charge in [0.15, 0.2) is 0 Å². The van der Waals surface area contributed by atoms with E-state index in [9.17, 15) is 4.79 Å². The molecule has 0 N–H and O–H groups in total. The van der Waals surface area contributed by atoms with E-state index in [0.717, 1.165) is 36.3 Å². The molecule has 0 atom stereocenters. The fraction of sp³-hybridized carbons (Fsp3) is 0.400. The van der Waals surface area contributed by atoms with E-state index < -0.39 is 0 Å². The van der Waals surface area contributed by atoms with Crippen molar-refractivity contribution in [2.45, 2.75) is 32.9 Å². The number of aromatic nitrogens is 3. The molecule has 0 unspecified atom stereocenters. The molecule has 1 amide bonds. The second kappa shape index (κ2) is 5.45. The number of carbonyl (C=O) groups excluding carboxylic acids is 1. The van der Waals surface area contributed by atoms with E-state index in [4.69, 9.17) is 0 Å². The molecule has 3 rings (SSSR count). The fourth-order valence-electron chi connectivity index (χ4n) is 2.62. The number of aryl methyl sites for hydroxylation is 1. The van der Waals surface area contributed by atoms with Crippen LogP contribution in [0, 0.1) is 0 Å². The minimum absolute atomic E-state index is 0.100. The first-order valence-corrected chi connectivity index (χ1v) is 7.03. The lowest BCUT2D eigenvalue weighted by Gasteiger charge is -2.27. The molecule has 5 heteroatoms. The molecule has 104 valence electrons. The van der Waals surface area contributed by atoms with Gasteiger partial charge in [-0.2, -0.15) is 5.10 Å². The molecule has 0 fully saturated rings. The molecule has 2 heterocycles. The second-order valence-corrected chi connectivity index (χ2v) is 5.03. The molecule has 1 aliphatic heterocycles. The Morgan fingerprint density at radius 1 is 1.30 bits per heavy atom. The van der Waals surface area contributed by atoms with Gasteiger partial charge in [-0.15, -0.1) is 0 Å². The summed E-state index contributed by atoms with van der Waals surface area (Å²) in [5.74, 6) is 0.959. The molecule has 0 saturated heterocycles. The van der Waals surface area contributed by atoms with Crippen LogP contribution < -0.4 is 0 Å². The Labute approximate surface area is 118 Å². The molecule has 2 aromatic rings. The van der Waals surface area contributed by atoms with Gasteiger partial charge in [-0.05, 0) is 18.1 Å². The van der Waals surface area contributed by atoms with Crippen molar-refractivity contribution in [3.63, 3.8) is 0 Å². The zero-order valence-electron chi connectivity index (χ0n) is 11.6. The summed E-state index contributed by atoms with van der Waals surface area (Å²) < 4.78 is 1.86. The summed E-state index contributed by atoms with van der Waals surface area (Å²) >= 11 is 0. The van der Waals surface area contributed by atoms with E-state index in [1.165, 1.54) is 0 Å². The molecule has 1 aromatic heterocycles. The number of amides is 1. The van der Waals surface area contributed by atoms with Gasteiger partial charge in [0.1, 0.15) is 12.2 Å². The van der Waals surface area contributed by atoms with Crippen LogP contribution in [0.2, 0.25) is 0 Å². The van der Waals surface area contributed by atoms with Crippen LogP contribution in [0.25, 0.3) is 0 Å². The summed E-state index contributed by atoms with van der Waals surface area (Å²) in [5, 5.41) is 4.14. The van der Waals surface area contributed by atoms with Gasteiger partial charge < -0.3 is 4.90 Å². The predicted molar refractivity (Wildman–Crippen MR) is 75.2 cm³/mol. The Morgan fingerprint density at radius 3 is 3.00 bits per heavy atom. The number of benzene rings is 1. The topological polar surface area (TPSA) is 51.0 Å². The van der Waals surface area contributed by atoms with Crippen LogP contribution in [0.1, 0.15) is 35.1 Å². The minimum Gasteiger partial charge on any atom is -0.329 e. The SMILES string of the molecule is CCCc1ccccc1C(=O)N1CCn2ncnc2C1. The van der Waals surface area contributed by atoms with E-state index in [0.29, 0.717) is 13.1 Å². The molecule has 0 bridgehead atoms. The highest BCUT2D eigenvalue weighted by Crippen LogP contribution is 2.17. The maximum atomic E-state index is 12.7.